The number of aromatic hydroxyl groups is 2. The number of hydrogen-bond acceptors (Lipinski definition) is 5. The minimum atomic E-state index is -4.11. The summed E-state index contributed by atoms with van der Waals surface area (Å²) in [5.74, 6) is -0.0705. The van der Waals surface area contributed by atoms with Crippen molar-refractivity contribution in [2.45, 2.75) is 13.8 Å². The van der Waals surface area contributed by atoms with Crippen molar-refractivity contribution >= 4 is 42.9 Å². The van der Waals surface area contributed by atoms with Crippen molar-refractivity contribution in [3.63, 3.8) is 0 Å². The van der Waals surface area contributed by atoms with Crippen LogP contribution in [0.4, 0.5) is 11.4 Å². The fraction of sp³-hybridized carbons (Fsp3) is 0.0606. The first-order valence-corrected chi connectivity index (χ1v) is 14.2. The van der Waals surface area contributed by atoms with Crippen LogP contribution < -0.4 is 9.62 Å². The number of phenols is 2. The SMILES string of the molecule is CC1=C=CN(c2ccccc2)C(C)=C1S(=O)(=O)Nc1cc(-c2c(O)ccc3ccccc23)c(O)c2ccccc12. The van der Waals surface area contributed by atoms with E-state index in [1.54, 1.807) is 67.4 Å². The van der Waals surface area contributed by atoms with Gasteiger partial charge in [0.25, 0.3) is 10.0 Å². The van der Waals surface area contributed by atoms with Crippen molar-refractivity contribution in [1.82, 2.24) is 0 Å². The van der Waals surface area contributed by atoms with Crippen molar-refractivity contribution < 1.29 is 18.6 Å². The standard InChI is InChI=1S/C33H26N2O4S/c1-21-18-19-35(24-11-4-3-5-12-24)22(2)33(21)40(38,39)34-29-20-28(32(37)27-15-9-8-14-26(27)29)31-25-13-7-6-10-23(25)16-17-30(31)36/h3-17,19-20,34,36-37H,1-2H3. The largest absolute Gasteiger partial charge is 0.507 e. The van der Waals surface area contributed by atoms with E-state index in [4.69, 9.17) is 0 Å². The van der Waals surface area contributed by atoms with E-state index in [1.165, 1.54) is 0 Å². The number of allylic oxidation sites excluding steroid dienone is 2. The molecule has 6 rings (SSSR count). The van der Waals surface area contributed by atoms with Gasteiger partial charge in [0.15, 0.2) is 0 Å². The molecule has 0 aliphatic carbocycles. The van der Waals surface area contributed by atoms with E-state index in [2.05, 4.69) is 10.5 Å². The molecule has 1 aliphatic heterocycles. The van der Waals surface area contributed by atoms with Crippen molar-refractivity contribution in [3.05, 3.63) is 125 Å². The zero-order valence-corrected chi connectivity index (χ0v) is 22.7. The van der Waals surface area contributed by atoms with E-state index < -0.39 is 10.0 Å². The van der Waals surface area contributed by atoms with E-state index in [1.807, 2.05) is 54.6 Å². The van der Waals surface area contributed by atoms with Gasteiger partial charge in [-0.15, -0.1) is 0 Å². The number of rotatable bonds is 5. The zero-order valence-electron chi connectivity index (χ0n) is 21.9. The molecule has 1 heterocycles. The number of anilines is 2. The summed E-state index contributed by atoms with van der Waals surface area (Å²) in [5, 5.41) is 24.9. The first-order chi connectivity index (χ1) is 19.3. The maximum Gasteiger partial charge on any atom is 0.264 e. The summed E-state index contributed by atoms with van der Waals surface area (Å²) >= 11 is 0. The monoisotopic (exact) mass is 546 g/mol. The van der Waals surface area contributed by atoms with Gasteiger partial charge in [0.05, 0.1) is 11.9 Å². The van der Waals surface area contributed by atoms with E-state index in [0.29, 0.717) is 33.2 Å². The maximum absolute atomic E-state index is 14.0. The number of phenolic OH excluding ortho intramolecular Hbond substituents is 2. The Morgan fingerprint density at radius 3 is 2.17 bits per heavy atom. The quantitative estimate of drug-likeness (QED) is 0.156. The molecule has 40 heavy (non-hydrogen) atoms. The molecule has 0 unspecified atom stereocenters. The summed E-state index contributed by atoms with van der Waals surface area (Å²) < 4.78 is 30.8. The fourth-order valence-corrected chi connectivity index (χ4v) is 6.84. The average molecular weight is 547 g/mol. The molecular formula is C33H26N2O4S. The molecule has 5 aromatic carbocycles. The number of benzene rings is 5. The maximum atomic E-state index is 14.0. The zero-order chi connectivity index (χ0) is 28.0. The third kappa shape index (κ3) is 4.18. The van der Waals surface area contributed by atoms with Crippen LogP contribution in [0.1, 0.15) is 13.8 Å². The molecule has 0 saturated heterocycles. The minimum Gasteiger partial charge on any atom is -0.507 e. The summed E-state index contributed by atoms with van der Waals surface area (Å²) in [4.78, 5) is 1.90. The van der Waals surface area contributed by atoms with Gasteiger partial charge in [-0.25, -0.2) is 8.42 Å². The van der Waals surface area contributed by atoms with Crippen LogP contribution in [0.5, 0.6) is 11.5 Å². The van der Waals surface area contributed by atoms with Crippen LogP contribution in [0.25, 0.3) is 32.7 Å². The van der Waals surface area contributed by atoms with Gasteiger partial charge in [0.2, 0.25) is 0 Å². The van der Waals surface area contributed by atoms with E-state index in [-0.39, 0.29) is 22.1 Å². The van der Waals surface area contributed by atoms with Gasteiger partial charge in [-0.3, -0.25) is 4.72 Å². The van der Waals surface area contributed by atoms with E-state index in [0.717, 1.165) is 16.5 Å². The van der Waals surface area contributed by atoms with Gasteiger partial charge < -0.3 is 15.1 Å². The molecule has 0 radical (unpaired) electrons. The van der Waals surface area contributed by atoms with Gasteiger partial charge in [0, 0.05) is 38.9 Å². The highest BCUT2D eigenvalue weighted by atomic mass is 32.2. The Hall–Kier alpha value is -4.97. The fourth-order valence-electron chi connectivity index (χ4n) is 5.33. The normalized spacial score (nSPS) is 13.7. The lowest BCUT2D eigenvalue weighted by molar-refractivity contribution is 0.472. The summed E-state index contributed by atoms with van der Waals surface area (Å²) in [6, 6.07) is 29.0. The lowest BCUT2D eigenvalue weighted by Crippen LogP contribution is -2.25. The van der Waals surface area contributed by atoms with Crippen molar-refractivity contribution in [2.24, 2.45) is 0 Å². The molecule has 0 saturated carbocycles. The molecule has 0 spiro atoms. The van der Waals surface area contributed by atoms with E-state index >= 15 is 0 Å². The van der Waals surface area contributed by atoms with E-state index in [9.17, 15) is 18.6 Å². The molecule has 0 fully saturated rings. The van der Waals surface area contributed by atoms with Crippen LogP contribution in [-0.2, 0) is 10.0 Å². The first kappa shape index (κ1) is 25.3. The van der Waals surface area contributed by atoms with Crippen LogP contribution in [0, 0.1) is 0 Å². The molecule has 0 aromatic heterocycles. The summed E-state index contributed by atoms with van der Waals surface area (Å²) in [6.45, 7) is 3.47. The van der Waals surface area contributed by atoms with Crippen molar-refractivity contribution in [1.29, 1.82) is 0 Å². The number of fused-ring (bicyclic) bond motifs is 2. The van der Waals surface area contributed by atoms with Gasteiger partial charge in [0.1, 0.15) is 16.4 Å². The Labute approximate surface area is 232 Å². The lowest BCUT2D eigenvalue weighted by Gasteiger charge is -2.27. The molecule has 0 bridgehead atoms. The topological polar surface area (TPSA) is 89.9 Å². The second-order valence-corrected chi connectivity index (χ2v) is 11.3. The third-order valence-electron chi connectivity index (χ3n) is 7.18. The minimum absolute atomic E-state index is 0.0219. The lowest BCUT2D eigenvalue weighted by atomic mass is 9.93. The summed E-state index contributed by atoms with van der Waals surface area (Å²) in [5.41, 5.74) is 5.93. The number of hydrogen-bond donors (Lipinski definition) is 3. The molecule has 6 nitrogen and oxygen atoms in total. The number of para-hydroxylation sites is 1. The van der Waals surface area contributed by atoms with Gasteiger partial charge in [-0.1, -0.05) is 78.5 Å². The molecule has 3 N–H and O–H groups in total. The Kier molecular flexibility index (Phi) is 6.11. The van der Waals surface area contributed by atoms with Crippen LogP contribution >= 0.6 is 0 Å². The molecule has 7 heteroatoms. The van der Waals surface area contributed by atoms with Gasteiger partial charge >= 0.3 is 0 Å². The Bertz CT molecular complexity index is 2020. The predicted molar refractivity (Wildman–Crippen MR) is 162 cm³/mol. The average Bonchev–Trinajstić information content (AvgIpc) is 2.95. The number of sulfonamides is 1. The first-order valence-electron chi connectivity index (χ1n) is 12.7. The molecule has 0 amide bonds. The van der Waals surface area contributed by atoms with Crippen LogP contribution in [-0.4, -0.2) is 18.6 Å². The molecule has 5 aromatic rings. The highest BCUT2D eigenvalue weighted by Gasteiger charge is 2.28. The van der Waals surface area contributed by atoms with Gasteiger partial charge in [-0.05, 0) is 48.9 Å². The second-order valence-electron chi connectivity index (χ2n) is 9.67. The third-order valence-corrected chi connectivity index (χ3v) is 8.81. The molecule has 198 valence electrons. The molecular weight excluding hydrogens is 520 g/mol. The van der Waals surface area contributed by atoms with Crippen molar-refractivity contribution in [2.75, 3.05) is 9.62 Å². The summed E-state index contributed by atoms with van der Waals surface area (Å²) in [6.07, 6.45) is 1.73. The number of nitrogens with one attached hydrogen (secondary N) is 1. The smallest absolute Gasteiger partial charge is 0.264 e. The number of nitrogens with zero attached hydrogens (tertiary/aromatic N) is 1. The van der Waals surface area contributed by atoms with Crippen LogP contribution in [0.15, 0.2) is 125 Å². The highest BCUT2D eigenvalue weighted by Crippen LogP contribution is 2.46. The Morgan fingerprint density at radius 1 is 0.775 bits per heavy atom. The Balaban J connectivity index is 1.54. The predicted octanol–water partition coefficient (Wildman–Crippen LogP) is 7.62. The highest BCUT2D eigenvalue weighted by molar-refractivity contribution is 7.96. The molecule has 1 aliphatic rings. The van der Waals surface area contributed by atoms with Crippen LogP contribution in [0.3, 0.4) is 0 Å². The van der Waals surface area contributed by atoms with Gasteiger partial charge in [-0.2, -0.15) is 0 Å². The Morgan fingerprint density at radius 2 is 1.43 bits per heavy atom. The van der Waals surface area contributed by atoms with Crippen LogP contribution in [0.2, 0.25) is 0 Å². The second kappa shape index (κ2) is 9.65. The van der Waals surface area contributed by atoms with Crippen molar-refractivity contribution in [3.8, 4) is 22.6 Å². The molecule has 0 atom stereocenters. The summed E-state index contributed by atoms with van der Waals surface area (Å²) in [7, 11) is -4.11.